The number of hydrogen-bond acceptors (Lipinski definition) is 7. The van der Waals surface area contributed by atoms with Crippen LogP contribution < -0.4 is 10.5 Å². The zero-order valence-electron chi connectivity index (χ0n) is 18.4. The average Bonchev–Trinajstić information content (AvgIpc) is 3.14. The van der Waals surface area contributed by atoms with Crippen molar-refractivity contribution in [3.63, 3.8) is 0 Å². The standard InChI is InChI=1S/C21H34N8O/c1-17(2)13-28-20(22-16-24-28)15-26-6-4-5-18(14-26)29-21(30)11-19(12-23-29)27-9-7-25(3)8-10-27/h11-12,16-18H,4-10,13-15H2,1-3H3/t18-/m1/s1. The molecule has 4 heterocycles. The molecule has 2 saturated heterocycles. The van der Waals surface area contributed by atoms with E-state index in [0.717, 1.165) is 76.7 Å². The summed E-state index contributed by atoms with van der Waals surface area (Å²) in [6, 6.07) is 1.87. The van der Waals surface area contributed by atoms with Crippen molar-refractivity contribution in [2.75, 3.05) is 51.2 Å². The number of likely N-dealkylation sites (tertiary alicyclic amines) is 1. The first kappa shape index (κ1) is 21.0. The number of piperazine rings is 1. The Morgan fingerprint density at radius 1 is 1.13 bits per heavy atom. The van der Waals surface area contributed by atoms with Crippen molar-refractivity contribution >= 4 is 5.69 Å². The number of nitrogens with zero attached hydrogens (tertiary/aromatic N) is 8. The van der Waals surface area contributed by atoms with Crippen molar-refractivity contribution in [3.8, 4) is 0 Å². The van der Waals surface area contributed by atoms with E-state index in [2.05, 4.69) is 50.8 Å². The molecule has 2 aromatic heterocycles. The van der Waals surface area contributed by atoms with E-state index in [4.69, 9.17) is 0 Å². The van der Waals surface area contributed by atoms with Crippen LogP contribution in [0.2, 0.25) is 0 Å². The molecule has 30 heavy (non-hydrogen) atoms. The van der Waals surface area contributed by atoms with E-state index in [1.807, 2.05) is 10.9 Å². The van der Waals surface area contributed by atoms with E-state index in [9.17, 15) is 4.79 Å². The van der Waals surface area contributed by atoms with E-state index in [1.54, 1.807) is 17.1 Å². The van der Waals surface area contributed by atoms with E-state index < -0.39 is 0 Å². The third-order valence-corrected chi connectivity index (χ3v) is 6.11. The molecule has 0 amide bonds. The summed E-state index contributed by atoms with van der Waals surface area (Å²) in [7, 11) is 2.13. The fourth-order valence-electron chi connectivity index (χ4n) is 4.40. The highest BCUT2D eigenvalue weighted by atomic mass is 16.1. The molecule has 4 rings (SSSR count). The van der Waals surface area contributed by atoms with E-state index in [0.29, 0.717) is 5.92 Å². The minimum absolute atomic E-state index is 0.00116. The van der Waals surface area contributed by atoms with Gasteiger partial charge >= 0.3 is 0 Å². The molecule has 2 fully saturated rings. The summed E-state index contributed by atoms with van der Waals surface area (Å²) in [5.41, 5.74) is 0.944. The molecule has 2 aliphatic rings. The minimum Gasteiger partial charge on any atom is -0.368 e. The van der Waals surface area contributed by atoms with Crippen LogP contribution in [0.5, 0.6) is 0 Å². The van der Waals surface area contributed by atoms with Gasteiger partial charge in [0.25, 0.3) is 5.56 Å². The molecular weight excluding hydrogens is 380 g/mol. The molecule has 0 aromatic carbocycles. The highest BCUT2D eigenvalue weighted by Gasteiger charge is 2.25. The zero-order chi connectivity index (χ0) is 21.1. The number of piperidine rings is 1. The molecule has 0 spiro atoms. The first-order chi connectivity index (χ1) is 14.5. The van der Waals surface area contributed by atoms with Crippen molar-refractivity contribution in [2.24, 2.45) is 5.92 Å². The van der Waals surface area contributed by atoms with Gasteiger partial charge in [-0.05, 0) is 32.4 Å². The lowest BCUT2D eigenvalue weighted by Crippen LogP contribution is -2.45. The van der Waals surface area contributed by atoms with Gasteiger partial charge in [-0.2, -0.15) is 10.2 Å². The van der Waals surface area contributed by atoms with Crippen molar-refractivity contribution in [2.45, 2.75) is 45.8 Å². The van der Waals surface area contributed by atoms with Crippen LogP contribution in [-0.4, -0.2) is 80.7 Å². The van der Waals surface area contributed by atoms with E-state index in [1.165, 1.54) is 0 Å². The highest BCUT2D eigenvalue weighted by molar-refractivity contribution is 5.43. The van der Waals surface area contributed by atoms with Gasteiger partial charge in [0.05, 0.1) is 24.5 Å². The first-order valence-electron chi connectivity index (χ1n) is 11.1. The van der Waals surface area contributed by atoms with Crippen LogP contribution in [0.1, 0.15) is 38.6 Å². The second-order valence-corrected chi connectivity index (χ2v) is 9.07. The molecule has 0 radical (unpaired) electrons. The molecular formula is C21H34N8O. The number of aromatic nitrogens is 5. The largest absolute Gasteiger partial charge is 0.368 e. The van der Waals surface area contributed by atoms with Crippen LogP contribution in [0.4, 0.5) is 5.69 Å². The third kappa shape index (κ3) is 4.89. The van der Waals surface area contributed by atoms with Gasteiger partial charge < -0.3 is 9.80 Å². The van der Waals surface area contributed by atoms with Gasteiger partial charge in [-0.25, -0.2) is 14.3 Å². The SMILES string of the molecule is CC(C)Cn1ncnc1CN1CCC[C@@H](n2ncc(N3CCN(C)CC3)cc2=O)C1. The predicted octanol–water partition coefficient (Wildman–Crippen LogP) is 1.08. The monoisotopic (exact) mass is 414 g/mol. The Hall–Kier alpha value is -2.26. The normalized spacial score (nSPS) is 21.5. The molecule has 2 aromatic rings. The molecule has 0 saturated carbocycles. The fourth-order valence-corrected chi connectivity index (χ4v) is 4.40. The number of anilines is 1. The molecule has 9 nitrogen and oxygen atoms in total. The Kier molecular flexibility index (Phi) is 6.48. The van der Waals surface area contributed by atoms with Crippen LogP contribution in [0, 0.1) is 5.92 Å². The van der Waals surface area contributed by atoms with Crippen molar-refractivity contribution in [1.29, 1.82) is 0 Å². The molecule has 0 unspecified atom stereocenters. The van der Waals surface area contributed by atoms with Gasteiger partial charge in [-0.1, -0.05) is 13.8 Å². The molecule has 0 N–H and O–H groups in total. The minimum atomic E-state index is 0.00116. The second kappa shape index (κ2) is 9.26. The first-order valence-corrected chi connectivity index (χ1v) is 11.1. The maximum absolute atomic E-state index is 12.9. The van der Waals surface area contributed by atoms with Crippen LogP contribution in [0.15, 0.2) is 23.4 Å². The van der Waals surface area contributed by atoms with E-state index in [-0.39, 0.29) is 11.6 Å². The lowest BCUT2D eigenvalue weighted by atomic mass is 10.1. The van der Waals surface area contributed by atoms with Crippen LogP contribution in [-0.2, 0) is 13.1 Å². The second-order valence-electron chi connectivity index (χ2n) is 9.07. The maximum atomic E-state index is 12.9. The molecule has 9 heteroatoms. The van der Waals surface area contributed by atoms with Gasteiger partial charge in [-0.3, -0.25) is 9.69 Å². The molecule has 0 aliphatic carbocycles. The summed E-state index contributed by atoms with van der Waals surface area (Å²) in [6.45, 7) is 11.8. The molecule has 2 aliphatic heterocycles. The van der Waals surface area contributed by atoms with Crippen LogP contribution in [0.25, 0.3) is 0 Å². The highest BCUT2D eigenvalue weighted by Crippen LogP contribution is 2.22. The Bertz CT molecular complexity index is 883. The van der Waals surface area contributed by atoms with E-state index >= 15 is 0 Å². The van der Waals surface area contributed by atoms with Gasteiger partial charge in [0, 0.05) is 45.3 Å². The Balaban J connectivity index is 1.42. The molecule has 0 bridgehead atoms. The lowest BCUT2D eigenvalue weighted by molar-refractivity contribution is 0.154. The van der Waals surface area contributed by atoms with Gasteiger partial charge in [-0.15, -0.1) is 0 Å². The predicted molar refractivity (Wildman–Crippen MR) is 117 cm³/mol. The van der Waals surface area contributed by atoms with Gasteiger partial charge in [0.2, 0.25) is 0 Å². The Morgan fingerprint density at radius 2 is 1.93 bits per heavy atom. The number of rotatable bonds is 6. The van der Waals surface area contributed by atoms with Crippen molar-refractivity contribution in [3.05, 3.63) is 34.8 Å². The zero-order valence-corrected chi connectivity index (χ0v) is 18.4. The van der Waals surface area contributed by atoms with Gasteiger partial charge in [0.1, 0.15) is 12.2 Å². The lowest BCUT2D eigenvalue weighted by Gasteiger charge is -2.34. The van der Waals surface area contributed by atoms with Crippen molar-refractivity contribution < 1.29 is 0 Å². The quantitative estimate of drug-likeness (QED) is 0.700. The average molecular weight is 415 g/mol. The Labute approximate surface area is 178 Å². The smallest absolute Gasteiger partial charge is 0.269 e. The summed E-state index contributed by atoms with van der Waals surface area (Å²) in [5.74, 6) is 1.52. The summed E-state index contributed by atoms with van der Waals surface area (Å²) >= 11 is 0. The summed E-state index contributed by atoms with van der Waals surface area (Å²) in [4.78, 5) is 24.3. The van der Waals surface area contributed by atoms with Gasteiger partial charge in [0.15, 0.2) is 0 Å². The summed E-state index contributed by atoms with van der Waals surface area (Å²) in [5, 5.41) is 8.95. The van der Waals surface area contributed by atoms with Crippen molar-refractivity contribution in [1.82, 2.24) is 34.3 Å². The Morgan fingerprint density at radius 3 is 2.67 bits per heavy atom. The summed E-state index contributed by atoms with van der Waals surface area (Å²) in [6.07, 6.45) is 5.54. The van der Waals surface area contributed by atoms with Crippen LogP contribution in [0.3, 0.4) is 0 Å². The number of likely N-dealkylation sites (N-methyl/N-ethyl adjacent to an activating group) is 1. The third-order valence-electron chi connectivity index (χ3n) is 6.11. The topological polar surface area (TPSA) is 75.3 Å². The fraction of sp³-hybridized carbons (Fsp3) is 0.714. The number of hydrogen-bond donors (Lipinski definition) is 0. The maximum Gasteiger partial charge on any atom is 0.269 e. The molecule has 164 valence electrons. The van der Waals surface area contributed by atoms with Crippen LogP contribution >= 0.6 is 0 Å². The molecule has 1 atom stereocenters. The summed E-state index contributed by atoms with van der Waals surface area (Å²) < 4.78 is 3.69.